The number of hydrogen-bond acceptors (Lipinski definition) is 8. The summed E-state index contributed by atoms with van der Waals surface area (Å²) >= 11 is 0. The molecule has 8 nitrogen and oxygen atoms in total. The Morgan fingerprint density at radius 3 is 1.06 bits per heavy atom. The quantitative estimate of drug-likeness (QED) is 0.133. The largest absolute Gasteiger partial charge is 0.456 e. The predicted molar refractivity (Wildman–Crippen MR) is 440 cm³/mol. The monoisotopic (exact) mass is 1400 g/mol. The molecule has 0 bridgehead atoms. The number of rotatable bonds is 10. The number of furan rings is 2. The molecule has 0 saturated heterocycles. The number of benzene rings is 15. The minimum Gasteiger partial charge on any atom is -0.456 e. The van der Waals surface area contributed by atoms with Crippen molar-refractivity contribution in [3.8, 4) is 158 Å². The minimum atomic E-state index is -0.908. The Balaban J connectivity index is 0.781. The van der Waals surface area contributed by atoms with Crippen molar-refractivity contribution >= 4 is 21.9 Å². The van der Waals surface area contributed by atoms with E-state index in [0.29, 0.717) is 34.9 Å². The van der Waals surface area contributed by atoms with Crippen molar-refractivity contribution in [1.82, 2.24) is 29.9 Å². The number of hydrogen-bond donors (Lipinski definition) is 0. The maximum atomic E-state index is 7.45. The van der Waals surface area contributed by atoms with Crippen LogP contribution in [-0.2, 0) is 10.8 Å². The number of aromatic nitrogens is 6. The molecule has 510 valence electrons. The van der Waals surface area contributed by atoms with Gasteiger partial charge in [0.15, 0.2) is 34.9 Å². The second-order valence-electron chi connectivity index (χ2n) is 29.0. The van der Waals surface area contributed by atoms with Gasteiger partial charge in [-0.3, -0.25) is 0 Å². The van der Waals surface area contributed by atoms with Crippen molar-refractivity contribution in [1.29, 1.82) is 0 Å². The van der Waals surface area contributed by atoms with Crippen molar-refractivity contribution in [2.75, 3.05) is 0 Å². The third kappa shape index (κ3) is 8.96. The molecule has 4 aliphatic rings. The molecular formula is C102H60N6O2. The van der Waals surface area contributed by atoms with Gasteiger partial charge in [0.2, 0.25) is 0 Å². The maximum absolute atomic E-state index is 7.45. The van der Waals surface area contributed by atoms with Gasteiger partial charge in [0.05, 0.1) is 10.8 Å². The summed E-state index contributed by atoms with van der Waals surface area (Å²) < 4.78 is 14.9. The Morgan fingerprint density at radius 1 is 0.182 bits per heavy atom. The summed E-state index contributed by atoms with van der Waals surface area (Å²) in [6.07, 6.45) is 0. The van der Waals surface area contributed by atoms with E-state index in [1.165, 1.54) is 22.3 Å². The Morgan fingerprint density at radius 2 is 0.527 bits per heavy atom. The molecule has 0 N–H and O–H groups in total. The number of para-hydroxylation sites is 2. The number of nitrogens with zero attached hydrogens (tertiary/aromatic N) is 6. The predicted octanol–water partition coefficient (Wildman–Crippen LogP) is 24.9. The average molecular weight is 1400 g/mol. The van der Waals surface area contributed by atoms with Gasteiger partial charge >= 0.3 is 0 Å². The van der Waals surface area contributed by atoms with E-state index >= 15 is 0 Å². The zero-order valence-electron chi connectivity index (χ0n) is 59.1. The average Bonchev–Trinajstić information content (AvgIpc) is 1.50. The van der Waals surface area contributed by atoms with Crippen LogP contribution in [0.5, 0.6) is 0 Å². The lowest BCUT2D eigenvalue weighted by Gasteiger charge is -2.31. The van der Waals surface area contributed by atoms with E-state index < -0.39 is 10.8 Å². The first-order valence-electron chi connectivity index (χ1n) is 37.4. The highest BCUT2D eigenvalue weighted by atomic mass is 16.3. The van der Waals surface area contributed by atoms with Crippen LogP contribution in [0.15, 0.2) is 373 Å². The van der Waals surface area contributed by atoms with Crippen LogP contribution in [0, 0.1) is 0 Å². The zero-order valence-corrected chi connectivity index (χ0v) is 59.1. The fourth-order valence-electron chi connectivity index (χ4n) is 18.7. The van der Waals surface area contributed by atoms with Crippen molar-refractivity contribution in [3.63, 3.8) is 0 Å². The van der Waals surface area contributed by atoms with E-state index in [1.54, 1.807) is 0 Å². The van der Waals surface area contributed by atoms with Crippen LogP contribution in [0.4, 0.5) is 0 Å². The van der Waals surface area contributed by atoms with Crippen LogP contribution in [0.2, 0.25) is 0 Å². The highest BCUT2D eigenvalue weighted by molar-refractivity contribution is 6.10. The Bertz CT molecular complexity index is 7000. The highest BCUT2D eigenvalue weighted by Crippen LogP contribution is 2.69. The standard InChI is InChI=1S/C102H60N6O2/c1-5-28-61(29-6-1)65-36-23-39-68(56-65)97-103-95(63-32-9-3-10-33-63)104-98(106-97)70-41-25-38-67(58-70)78-60-86-80(93-91(75-45-16-21-54-87(75)109-93)101(86)81-49-18-13-42-71(81)72-43-14-19-50-82(72)101)59-79(78)73-47-26-52-84-89(73)74-44-15-20-51-83(74)102(84)85-53-27-48-77(90(85)94-92(102)76-46-17-22-55-88(76)110-94)100-107-96(64-34-11-4-12-35-64)105-99(108-100)69-40-24-37-66(57-69)62-30-7-2-8-31-62/h1-60H. The second kappa shape index (κ2) is 24.0. The Labute approximate surface area is 633 Å². The molecule has 0 aliphatic heterocycles. The molecule has 4 aromatic heterocycles. The van der Waals surface area contributed by atoms with Gasteiger partial charge < -0.3 is 8.83 Å². The summed E-state index contributed by atoms with van der Waals surface area (Å²) in [6.45, 7) is 0. The topological polar surface area (TPSA) is 104 Å². The van der Waals surface area contributed by atoms with E-state index in [1.807, 2.05) is 48.5 Å². The van der Waals surface area contributed by atoms with Crippen molar-refractivity contribution in [2.45, 2.75) is 10.8 Å². The Hall–Kier alpha value is -14.6. The van der Waals surface area contributed by atoms with Crippen LogP contribution < -0.4 is 0 Å². The fourth-order valence-corrected chi connectivity index (χ4v) is 18.7. The summed E-state index contributed by atoms with van der Waals surface area (Å²) in [5, 5.41) is 2.12. The summed E-state index contributed by atoms with van der Waals surface area (Å²) in [7, 11) is 0. The summed E-state index contributed by atoms with van der Waals surface area (Å²) in [5.74, 6) is 5.07. The van der Waals surface area contributed by atoms with Gasteiger partial charge in [0.25, 0.3) is 0 Å². The molecule has 110 heavy (non-hydrogen) atoms. The molecule has 0 saturated carbocycles. The van der Waals surface area contributed by atoms with Crippen LogP contribution in [0.25, 0.3) is 180 Å². The zero-order chi connectivity index (χ0) is 72.2. The SMILES string of the molecule is c1ccc(-c2cccc(-c3nc(-c4ccccc4)nc(-c4cccc(-c5cc6c(cc5-c5cccc7c5-c5ccccc5C75c7cccc(-c8nc(-c9ccccc9)nc(-c9cccc(-c%10ccccc%10)c9)n8)c7-c7oc8ccccc8c75)-c5oc7ccccc7c5C65c6ccccc6-c6ccccc65)c4)n3)c2)cc1. The lowest BCUT2D eigenvalue weighted by Crippen LogP contribution is -2.26. The first-order chi connectivity index (χ1) is 54.5. The molecule has 1 unspecified atom stereocenters. The van der Waals surface area contributed by atoms with Gasteiger partial charge in [-0.1, -0.05) is 322 Å². The third-order valence-electron chi connectivity index (χ3n) is 23.2. The van der Waals surface area contributed by atoms with Gasteiger partial charge in [-0.2, -0.15) is 0 Å². The third-order valence-corrected chi connectivity index (χ3v) is 23.2. The molecule has 4 heterocycles. The van der Waals surface area contributed by atoms with Crippen LogP contribution in [0.1, 0.15) is 44.5 Å². The molecule has 0 fully saturated rings. The molecule has 1 atom stereocenters. The van der Waals surface area contributed by atoms with Gasteiger partial charge in [-0.25, -0.2) is 29.9 Å². The molecule has 15 aromatic carbocycles. The van der Waals surface area contributed by atoms with Gasteiger partial charge in [0, 0.05) is 66.4 Å². The normalized spacial score (nSPS) is 14.1. The summed E-state index contributed by atoms with van der Waals surface area (Å²) in [6, 6.07) is 130. The second-order valence-corrected chi connectivity index (χ2v) is 29.0. The molecule has 8 heteroatoms. The van der Waals surface area contributed by atoms with E-state index in [0.717, 1.165) is 167 Å². The van der Waals surface area contributed by atoms with E-state index in [2.05, 4.69) is 315 Å². The maximum Gasteiger partial charge on any atom is 0.164 e. The van der Waals surface area contributed by atoms with E-state index in [-0.39, 0.29) is 0 Å². The molecular weight excluding hydrogens is 1340 g/mol. The fraction of sp³-hybridized carbons (Fsp3) is 0.0196. The van der Waals surface area contributed by atoms with E-state index in [4.69, 9.17) is 38.7 Å². The molecule has 0 amide bonds. The smallest absolute Gasteiger partial charge is 0.164 e. The van der Waals surface area contributed by atoms with Crippen LogP contribution in [-0.4, -0.2) is 29.9 Å². The van der Waals surface area contributed by atoms with Crippen molar-refractivity contribution in [3.05, 3.63) is 408 Å². The van der Waals surface area contributed by atoms with Gasteiger partial charge in [-0.15, -0.1) is 0 Å². The molecule has 23 rings (SSSR count). The van der Waals surface area contributed by atoms with Crippen molar-refractivity contribution in [2.24, 2.45) is 0 Å². The molecule has 0 radical (unpaired) electrons. The lowest BCUT2D eigenvalue weighted by molar-refractivity contribution is 0.628. The highest BCUT2D eigenvalue weighted by Gasteiger charge is 2.57. The van der Waals surface area contributed by atoms with Gasteiger partial charge in [-0.05, 0) is 143 Å². The minimum absolute atomic E-state index is 0.543. The van der Waals surface area contributed by atoms with Crippen LogP contribution in [0.3, 0.4) is 0 Å². The number of fused-ring (bicyclic) bond motifs is 24. The first kappa shape index (κ1) is 61.7. The molecule has 19 aromatic rings. The summed E-state index contributed by atoms with van der Waals surface area (Å²) in [4.78, 5) is 32.4. The summed E-state index contributed by atoms with van der Waals surface area (Å²) in [5.41, 5.74) is 29.6. The van der Waals surface area contributed by atoms with Crippen LogP contribution >= 0.6 is 0 Å². The van der Waals surface area contributed by atoms with Crippen molar-refractivity contribution < 1.29 is 8.83 Å². The van der Waals surface area contributed by atoms with Gasteiger partial charge in [0.1, 0.15) is 22.7 Å². The Kier molecular flexibility index (Phi) is 13.4. The van der Waals surface area contributed by atoms with E-state index in [9.17, 15) is 0 Å². The first-order valence-corrected chi connectivity index (χ1v) is 37.4. The lowest BCUT2D eigenvalue weighted by atomic mass is 9.69. The molecule has 2 spiro atoms. The molecule has 4 aliphatic carbocycles.